The van der Waals surface area contributed by atoms with Crippen LogP contribution in [0.3, 0.4) is 0 Å². The summed E-state index contributed by atoms with van der Waals surface area (Å²) in [5.74, 6) is -5.51. The predicted octanol–water partition coefficient (Wildman–Crippen LogP) is 3.81. The number of hydrogen-bond donors (Lipinski definition) is 3. The van der Waals surface area contributed by atoms with Gasteiger partial charge in [-0.1, -0.05) is 6.58 Å². The number of halogens is 5. The van der Waals surface area contributed by atoms with Crippen molar-refractivity contribution in [2.24, 2.45) is 0 Å². The summed E-state index contributed by atoms with van der Waals surface area (Å²) in [4.78, 5) is 15.4. The largest absolute Gasteiger partial charge is 0.453 e. The van der Waals surface area contributed by atoms with Crippen LogP contribution < -0.4 is 16.4 Å². The van der Waals surface area contributed by atoms with Gasteiger partial charge in [0.2, 0.25) is 0 Å². The molecule has 26 heavy (non-hydrogen) atoms. The molecule has 0 saturated carbocycles. The van der Waals surface area contributed by atoms with Gasteiger partial charge in [-0.3, -0.25) is 0 Å². The first-order valence-electron chi connectivity index (χ1n) is 7.11. The van der Waals surface area contributed by atoms with Crippen molar-refractivity contribution in [1.82, 2.24) is 10.3 Å². The molecule has 0 saturated heterocycles. The van der Waals surface area contributed by atoms with Crippen molar-refractivity contribution in [1.29, 1.82) is 0 Å². The van der Waals surface area contributed by atoms with Crippen LogP contribution in [0.25, 0.3) is 0 Å². The maximum absolute atomic E-state index is 14.5. The highest BCUT2D eigenvalue weighted by atomic mass is 19.4. The lowest BCUT2D eigenvalue weighted by Gasteiger charge is -2.33. The van der Waals surface area contributed by atoms with Gasteiger partial charge in [0.25, 0.3) is 5.85 Å². The Labute approximate surface area is 145 Å². The highest BCUT2D eigenvalue weighted by molar-refractivity contribution is 5.89. The standard InChI is InChI=1S/C15H17F5N4O2/c1-4-10(16)8(2)26-14(3,17)12(15(18,19)20)24-13(25)23-9-5-6-11(21)22-7-9/h4-7,12H,2H2,1,3H3,(H2,21,22)(H2,23,24,25)/b10-4+/t12-,14?/m1/s1. The summed E-state index contributed by atoms with van der Waals surface area (Å²) in [6, 6.07) is -1.93. The van der Waals surface area contributed by atoms with Gasteiger partial charge in [-0.15, -0.1) is 0 Å². The molecule has 0 fully saturated rings. The number of nitrogens with zero attached hydrogens (tertiary/aromatic N) is 1. The monoisotopic (exact) mass is 380 g/mol. The Kier molecular flexibility index (Phi) is 6.54. The number of rotatable bonds is 6. The fraction of sp³-hybridized carbons (Fsp3) is 0.333. The average Bonchev–Trinajstić information content (AvgIpc) is 2.52. The SMILES string of the molecule is C=C(OC(C)(F)[C@@H](NC(=O)Nc1ccc(N)nc1)C(F)(F)F)/C(F)=C\C. The van der Waals surface area contributed by atoms with Crippen molar-refractivity contribution < 1.29 is 31.5 Å². The van der Waals surface area contributed by atoms with Crippen LogP contribution in [-0.4, -0.2) is 29.1 Å². The summed E-state index contributed by atoms with van der Waals surface area (Å²) in [6.07, 6.45) is -3.33. The van der Waals surface area contributed by atoms with Crippen LogP contribution in [-0.2, 0) is 4.74 Å². The molecule has 1 rings (SSSR count). The molecule has 0 aliphatic heterocycles. The van der Waals surface area contributed by atoms with Crippen LogP contribution in [0.1, 0.15) is 13.8 Å². The summed E-state index contributed by atoms with van der Waals surface area (Å²) in [5.41, 5.74) is 5.35. The number of allylic oxidation sites excluding steroid dienone is 2. The van der Waals surface area contributed by atoms with Gasteiger partial charge < -0.3 is 21.1 Å². The number of carbonyl (C=O) groups excluding carboxylic acids is 1. The Bertz CT molecular complexity index is 686. The molecular weight excluding hydrogens is 363 g/mol. The van der Waals surface area contributed by atoms with Crippen molar-refractivity contribution in [2.75, 3.05) is 11.1 Å². The number of hydrogen-bond acceptors (Lipinski definition) is 4. The lowest BCUT2D eigenvalue weighted by Crippen LogP contribution is -2.58. The molecule has 144 valence electrons. The highest BCUT2D eigenvalue weighted by Gasteiger charge is 2.55. The molecule has 2 atom stereocenters. The van der Waals surface area contributed by atoms with E-state index in [0.717, 1.165) is 12.3 Å². The van der Waals surface area contributed by atoms with E-state index in [1.54, 1.807) is 0 Å². The number of ether oxygens (including phenoxy) is 1. The number of amides is 2. The Morgan fingerprint density at radius 2 is 2.00 bits per heavy atom. The van der Waals surface area contributed by atoms with E-state index in [1.165, 1.54) is 24.4 Å². The Morgan fingerprint density at radius 1 is 1.38 bits per heavy atom. The molecule has 2 amide bonds. The maximum atomic E-state index is 14.5. The number of aromatic nitrogens is 1. The third kappa shape index (κ3) is 5.90. The van der Waals surface area contributed by atoms with Gasteiger partial charge in [-0.2, -0.15) is 17.6 Å². The molecule has 0 aliphatic carbocycles. The zero-order chi connectivity index (χ0) is 20.1. The Hall–Kier alpha value is -2.85. The number of nitrogen functional groups attached to an aromatic ring is 1. The fourth-order valence-electron chi connectivity index (χ4n) is 1.79. The van der Waals surface area contributed by atoms with E-state index in [2.05, 4.69) is 16.3 Å². The van der Waals surface area contributed by atoms with E-state index in [-0.39, 0.29) is 11.5 Å². The van der Waals surface area contributed by atoms with Gasteiger partial charge >= 0.3 is 12.2 Å². The molecule has 0 aromatic carbocycles. The molecule has 0 radical (unpaired) electrons. The summed E-state index contributed by atoms with van der Waals surface area (Å²) in [5, 5.41) is 3.44. The first kappa shape index (κ1) is 21.2. The number of nitrogens with two attached hydrogens (primary N) is 1. The fourth-order valence-corrected chi connectivity index (χ4v) is 1.79. The van der Waals surface area contributed by atoms with Crippen molar-refractivity contribution in [3.63, 3.8) is 0 Å². The van der Waals surface area contributed by atoms with Crippen LogP contribution in [0.5, 0.6) is 0 Å². The van der Waals surface area contributed by atoms with Crippen molar-refractivity contribution in [3.8, 4) is 0 Å². The average molecular weight is 380 g/mol. The number of pyridine rings is 1. The molecule has 6 nitrogen and oxygen atoms in total. The maximum Gasteiger partial charge on any atom is 0.415 e. The van der Waals surface area contributed by atoms with Crippen LogP contribution in [0.2, 0.25) is 0 Å². The van der Waals surface area contributed by atoms with Gasteiger partial charge in [0.15, 0.2) is 17.6 Å². The third-order valence-corrected chi connectivity index (χ3v) is 3.01. The molecule has 0 aliphatic rings. The molecule has 1 heterocycles. The number of carbonyl (C=O) groups is 1. The van der Waals surface area contributed by atoms with E-state index in [9.17, 15) is 26.7 Å². The number of alkyl halides is 4. The predicted molar refractivity (Wildman–Crippen MR) is 85.2 cm³/mol. The third-order valence-electron chi connectivity index (χ3n) is 3.01. The molecule has 1 unspecified atom stereocenters. The molecule has 4 N–H and O–H groups in total. The topological polar surface area (TPSA) is 89.3 Å². The molecule has 0 bridgehead atoms. The molecule has 0 spiro atoms. The molecule has 1 aromatic rings. The van der Waals surface area contributed by atoms with E-state index >= 15 is 0 Å². The summed E-state index contributed by atoms with van der Waals surface area (Å²) < 4.78 is 71.6. The normalized spacial score (nSPS) is 15.6. The van der Waals surface area contributed by atoms with Gasteiger partial charge in [-0.25, -0.2) is 14.2 Å². The lowest BCUT2D eigenvalue weighted by atomic mass is 10.1. The minimum atomic E-state index is -5.24. The van der Waals surface area contributed by atoms with E-state index in [4.69, 9.17) is 5.73 Å². The van der Waals surface area contributed by atoms with Crippen molar-refractivity contribution >= 4 is 17.5 Å². The zero-order valence-corrected chi connectivity index (χ0v) is 13.8. The van der Waals surface area contributed by atoms with Crippen molar-refractivity contribution in [2.45, 2.75) is 31.9 Å². The summed E-state index contributed by atoms with van der Waals surface area (Å²) in [6.45, 7) is 4.62. The van der Waals surface area contributed by atoms with Gasteiger partial charge in [0.1, 0.15) is 5.82 Å². The second kappa shape index (κ2) is 8.02. The van der Waals surface area contributed by atoms with Crippen LogP contribution in [0.15, 0.2) is 42.6 Å². The first-order valence-corrected chi connectivity index (χ1v) is 7.11. The van der Waals surface area contributed by atoms with Gasteiger partial charge in [0.05, 0.1) is 11.9 Å². The minimum absolute atomic E-state index is 0.0171. The summed E-state index contributed by atoms with van der Waals surface area (Å²) in [7, 11) is 0. The number of urea groups is 1. The highest BCUT2D eigenvalue weighted by Crippen LogP contribution is 2.34. The molecular formula is C15H17F5N4O2. The lowest BCUT2D eigenvalue weighted by molar-refractivity contribution is -0.234. The first-order chi connectivity index (χ1) is 11.9. The van der Waals surface area contributed by atoms with Crippen LogP contribution >= 0.6 is 0 Å². The van der Waals surface area contributed by atoms with E-state index in [1.807, 2.05) is 5.32 Å². The zero-order valence-electron chi connectivity index (χ0n) is 13.8. The second-order valence-corrected chi connectivity index (χ2v) is 5.19. The second-order valence-electron chi connectivity index (χ2n) is 5.19. The minimum Gasteiger partial charge on any atom is -0.453 e. The van der Waals surface area contributed by atoms with Gasteiger partial charge in [0, 0.05) is 6.92 Å². The Balaban J connectivity index is 2.94. The van der Waals surface area contributed by atoms with Crippen molar-refractivity contribution in [3.05, 3.63) is 42.6 Å². The van der Waals surface area contributed by atoms with E-state index in [0.29, 0.717) is 6.92 Å². The van der Waals surface area contributed by atoms with Gasteiger partial charge in [-0.05, 0) is 25.1 Å². The quantitative estimate of drug-likeness (QED) is 0.398. The van der Waals surface area contributed by atoms with Crippen LogP contribution in [0.4, 0.5) is 38.3 Å². The van der Waals surface area contributed by atoms with E-state index < -0.39 is 35.7 Å². The molecule has 11 heteroatoms. The summed E-state index contributed by atoms with van der Waals surface area (Å²) >= 11 is 0. The Morgan fingerprint density at radius 3 is 2.46 bits per heavy atom. The number of anilines is 2. The number of nitrogens with one attached hydrogen (secondary N) is 2. The smallest absolute Gasteiger partial charge is 0.415 e. The molecule has 1 aromatic heterocycles. The van der Waals surface area contributed by atoms with Crippen LogP contribution in [0, 0.1) is 0 Å².